The maximum absolute atomic E-state index is 9.55. The van der Waals surface area contributed by atoms with Gasteiger partial charge in [-0.2, -0.15) is 10.2 Å². The number of para-hydroxylation sites is 1. The number of rotatable bonds is 4. The number of benzene rings is 1. The van der Waals surface area contributed by atoms with Crippen LogP contribution in [0.15, 0.2) is 39.5 Å². The monoisotopic (exact) mass is 269 g/mol. The number of aromatic nitrogens is 2. The summed E-state index contributed by atoms with van der Waals surface area (Å²) in [5, 5.41) is 22.8. The summed E-state index contributed by atoms with van der Waals surface area (Å²) in [4.78, 5) is 4.22. The number of hydrogen-bond donors (Lipinski definition) is 1. The standard InChI is InChI=1S/C14H11N3O3/c15-6-5-9(18)7-13-16-14(17-20-13)11-8-19-12-4-2-1-3-10(11)12/h1-4,8-9,18H,5,7H2. The SMILES string of the molecule is N#CCC(O)Cc1nc(-c2coc3ccccc23)no1. The van der Waals surface area contributed by atoms with E-state index in [1.165, 1.54) is 0 Å². The highest BCUT2D eigenvalue weighted by molar-refractivity contribution is 5.91. The first-order valence-electron chi connectivity index (χ1n) is 6.12. The van der Waals surface area contributed by atoms with E-state index in [0.717, 1.165) is 16.5 Å². The average Bonchev–Trinajstić information content (AvgIpc) is 3.05. The van der Waals surface area contributed by atoms with E-state index in [9.17, 15) is 5.11 Å². The highest BCUT2D eigenvalue weighted by Gasteiger charge is 2.16. The van der Waals surface area contributed by atoms with Gasteiger partial charge < -0.3 is 14.0 Å². The predicted octanol–water partition coefficient (Wildman–Crippen LogP) is 2.30. The summed E-state index contributed by atoms with van der Waals surface area (Å²) >= 11 is 0. The zero-order valence-electron chi connectivity index (χ0n) is 10.5. The molecule has 0 amide bonds. The Morgan fingerprint density at radius 2 is 2.20 bits per heavy atom. The number of nitriles is 1. The minimum absolute atomic E-state index is 0.0341. The fraction of sp³-hybridized carbons (Fsp3) is 0.214. The van der Waals surface area contributed by atoms with Crippen molar-refractivity contribution in [1.29, 1.82) is 5.26 Å². The number of nitrogens with zero attached hydrogens (tertiary/aromatic N) is 3. The first-order chi connectivity index (χ1) is 9.78. The van der Waals surface area contributed by atoms with Crippen LogP contribution in [0.4, 0.5) is 0 Å². The third kappa shape index (κ3) is 2.27. The average molecular weight is 269 g/mol. The van der Waals surface area contributed by atoms with Crippen LogP contribution in [0.25, 0.3) is 22.4 Å². The van der Waals surface area contributed by atoms with Gasteiger partial charge in [-0.1, -0.05) is 23.4 Å². The predicted molar refractivity (Wildman–Crippen MR) is 69.4 cm³/mol. The topological polar surface area (TPSA) is 96.1 Å². The van der Waals surface area contributed by atoms with Crippen molar-refractivity contribution in [2.75, 3.05) is 0 Å². The first-order valence-corrected chi connectivity index (χ1v) is 6.12. The van der Waals surface area contributed by atoms with E-state index >= 15 is 0 Å². The van der Waals surface area contributed by atoms with Gasteiger partial charge in [0.05, 0.1) is 30.6 Å². The third-order valence-electron chi connectivity index (χ3n) is 2.93. The molecule has 2 aromatic heterocycles. The minimum atomic E-state index is -0.797. The quantitative estimate of drug-likeness (QED) is 0.780. The van der Waals surface area contributed by atoms with Crippen molar-refractivity contribution >= 4 is 11.0 Å². The largest absolute Gasteiger partial charge is 0.464 e. The highest BCUT2D eigenvalue weighted by atomic mass is 16.5. The Kier molecular flexibility index (Phi) is 3.19. The zero-order valence-corrected chi connectivity index (χ0v) is 10.5. The van der Waals surface area contributed by atoms with Crippen LogP contribution in [0.2, 0.25) is 0 Å². The van der Waals surface area contributed by atoms with Crippen molar-refractivity contribution < 1.29 is 14.0 Å². The Morgan fingerprint density at radius 1 is 1.35 bits per heavy atom. The molecule has 0 radical (unpaired) electrons. The molecule has 1 atom stereocenters. The third-order valence-corrected chi connectivity index (χ3v) is 2.93. The van der Waals surface area contributed by atoms with Crippen molar-refractivity contribution in [1.82, 2.24) is 10.1 Å². The van der Waals surface area contributed by atoms with E-state index in [2.05, 4.69) is 10.1 Å². The number of aliphatic hydroxyl groups is 1. The lowest BCUT2D eigenvalue weighted by atomic mass is 10.1. The fourth-order valence-corrected chi connectivity index (χ4v) is 1.98. The van der Waals surface area contributed by atoms with E-state index in [0.29, 0.717) is 11.7 Å². The molecule has 0 saturated carbocycles. The molecule has 0 bridgehead atoms. The molecule has 6 heteroatoms. The van der Waals surface area contributed by atoms with Gasteiger partial charge >= 0.3 is 0 Å². The summed E-state index contributed by atoms with van der Waals surface area (Å²) in [6.07, 6.45) is 0.975. The van der Waals surface area contributed by atoms with Gasteiger partial charge in [-0.15, -0.1) is 0 Å². The molecular weight excluding hydrogens is 258 g/mol. The smallest absolute Gasteiger partial charge is 0.229 e. The molecule has 1 unspecified atom stereocenters. The summed E-state index contributed by atoms with van der Waals surface area (Å²) < 4.78 is 10.5. The van der Waals surface area contributed by atoms with Crippen LogP contribution in [-0.4, -0.2) is 21.4 Å². The summed E-state index contributed by atoms with van der Waals surface area (Å²) in [7, 11) is 0. The Labute approximate surface area is 114 Å². The molecule has 0 aliphatic carbocycles. The lowest BCUT2D eigenvalue weighted by Crippen LogP contribution is -2.09. The zero-order chi connectivity index (χ0) is 13.9. The van der Waals surface area contributed by atoms with Gasteiger partial charge in [0.25, 0.3) is 0 Å². The van der Waals surface area contributed by atoms with Crippen molar-refractivity contribution in [2.24, 2.45) is 0 Å². The van der Waals surface area contributed by atoms with Crippen molar-refractivity contribution in [2.45, 2.75) is 18.9 Å². The van der Waals surface area contributed by atoms with E-state index < -0.39 is 6.10 Å². The molecule has 1 N–H and O–H groups in total. The van der Waals surface area contributed by atoms with Gasteiger partial charge in [0, 0.05) is 5.39 Å². The van der Waals surface area contributed by atoms with Crippen LogP contribution in [0, 0.1) is 11.3 Å². The minimum Gasteiger partial charge on any atom is -0.464 e. The molecule has 0 fully saturated rings. The molecule has 0 aliphatic rings. The molecule has 20 heavy (non-hydrogen) atoms. The van der Waals surface area contributed by atoms with Gasteiger partial charge in [-0.25, -0.2) is 0 Å². The number of fused-ring (bicyclic) bond motifs is 1. The number of aliphatic hydroxyl groups excluding tert-OH is 1. The van der Waals surface area contributed by atoms with Gasteiger partial charge in [0.2, 0.25) is 11.7 Å². The lowest BCUT2D eigenvalue weighted by Gasteiger charge is -1.99. The van der Waals surface area contributed by atoms with Crippen LogP contribution in [-0.2, 0) is 6.42 Å². The van der Waals surface area contributed by atoms with E-state index in [1.54, 1.807) is 6.26 Å². The van der Waals surface area contributed by atoms with E-state index in [-0.39, 0.29) is 12.8 Å². The van der Waals surface area contributed by atoms with Gasteiger partial charge in [-0.05, 0) is 6.07 Å². The van der Waals surface area contributed by atoms with Crippen LogP contribution in [0.3, 0.4) is 0 Å². The second kappa shape index (κ2) is 5.15. The van der Waals surface area contributed by atoms with Crippen LogP contribution < -0.4 is 0 Å². The molecule has 0 spiro atoms. The van der Waals surface area contributed by atoms with Gasteiger partial charge in [-0.3, -0.25) is 0 Å². The molecule has 100 valence electrons. The van der Waals surface area contributed by atoms with Crippen molar-refractivity contribution in [3.8, 4) is 17.5 Å². The molecule has 0 saturated heterocycles. The normalized spacial score (nSPS) is 12.4. The first kappa shape index (κ1) is 12.4. The second-order valence-electron chi connectivity index (χ2n) is 4.38. The lowest BCUT2D eigenvalue weighted by molar-refractivity contribution is 0.167. The Bertz CT molecular complexity index is 769. The summed E-state index contributed by atoms with van der Waals surface area (Å²) in [5.41, 5.74) is 1.49. The molecule has 3 aromatic rings. The molecule has 0 aliphatic heterocycles. The van der Waals surface area contributed by atoms with Crippen molar-refractivity contribution in [3.05, 3.63) is 36.4 Å². The van der Waals surface area contributed by atoms with Crippen LogP contribution >= 0.6 is 0 Å². The van der Waals surface area contributed by atoms with E-state index in [1.807, 2.05) is 30.3 Å². The maximum atomic E-state index is 9.55. The number of furan rings is 1. The fourth-order valence-electron chi connectivity index (χ4n) is 1.98. The maximum Gasteiger partial charge on any atom is 0.229 e. The van der Waals surface area contributed by atoms with Crippen LogP contribution in [0.5, 0.6) is 0 Å². The molecule has 6 nitrogen and oxygen atoms in total. The Hall–Kier alpha value is -2.65. The molecule has 3 rings (SSSR count). The van der Waals surface area contributed by atoms with Gasteiger partial charge in [0.15, 0.2) is 0 Å². The Morgan fingerprint density at radius 3 is 3.05 bits per heavy atom. The Balaban J connectivity index is 1.88. The molecular formula is C14H11N3O3. The number of hydrogen-bond acceptors (Lipinski definition) is 6. The van der Waals surface area contributed by atoms with Crippen LogP contribution in [0.1, 0.15) is 12.3 Å². The van der Waals surface area contributed by atoms with E-state index in [4.69, 9.17) is 14.2 Å². The van der Waals surface area contributed by atoms with Gasteiger partial charge in [0.1, 0.15) is 11.8 Å². The summed E-state index contributed by atoms with van der Waals surface area (Å²) in [6, 6.07) is 9.45. The van der Waals surface area contributed by atoms with Crippen molar-refractivity contribution in [3.63, 3.8) is 0 Å². The second-order valence-corrected chi connectivity index (χ2v) is 4.38. The molecule has 2 heterocycles. The highest BCUT2D eigenvalue weighted by Crippen LogP contribution is 2.28. The summed E-state index contributed by atoms with van der Waals surface area (Å²) in [5.74, 6) is 0.710. The molecule has 1 aromatic carbocycles. The summed E-state index contributed by atoms with van der Waals surface area (Å²) in [6.45, 7) is 0.